The average molecular weight is 347 g/mol. The fraction of sp³-hybridized carbons (Fsp3) is 0.174. The number of benzene rings is 3. The quantitative estimate of drug-likeness (QED) is 0.699. The zero-order valence-corrected chi connectivity index (χ0v) is 15.0. The second-order valence-corrected chi connectivity index (χ2v) is 6.57. The molecular formula is C23H22FNO. The molecule has 0 aliphatic carbocycles. The first-order valence-electron chi connectivity index (χ1n) is 8.69. The molecule has 3 aromatic carbocycles. The van der Waals surface area contributed by atoms with Crippen LogP contribution in [0.15, 0.2) is 72.8 Å². The number of amides is 1. The predicted molar refractivity (Wildman–Crippen MR) is 102 cm³/mol. The van der Waals surface area contributed by atoms with Crippen molar-refractivity contribution < 1.29 is 9.18 Å². The molecule has 0 aliphatic heterocycles. The summed E-state index contributed by atoms with van der Waals surface area (Å²) in [5.41, 5.74) is 5.23. The Labute approximate surface area is 153 Å². The van der Waals surface area contributed by atoms with Crippen molar-refractivity contribution in [3.63, 3.8) is 0 Å². The molecule has 0 fully saturated rings. The van der Waals surface area contributed by atoms with Crippen molar-refractivity contribution >= 4 is 5.91 Å². The Bertz CT molecular complexity index is 888. The third-order valence-corrected chi connectivity index (χ3v) is 4.45. The summed E-state index contributed by atoms with van der Waals surface area (Å²) >= 11 is 0. The number of hydrogen-bond acceptors (Lipinski definition) is 1. The topological polar surface area (TPSA) is 29.1 Å². The molecule has 1 amide bonds. The Balaban J connectivity index is 1.86. The van der Waals surface area contributed by atoms with Crippen molar-refractivity contribution in [3.8, 4) is 0 Å². The van der Waals surface area contributed by atoms with Crippen LogP contribution in [-0.2, 0) is 11.2 Å². The van der Waals surface area contributed by atoms with Gasteiger partial charge in [0.05, 0.1) is 12.5 Å². The fourth-order valence-electron chi connectivity index (χ4n) is 3.14. The van der Waals surface area contributed by atoms with Gasteiger partial charge >= 0.3 is 0 Å². The largest absolute Gasteiger partial charge is 0.345 e. The highest BCUT2D eigenvalue weighted by Crippen LogP contribution is 2.26. The average Bonchev–Trinajstić information content (AvgIpc) is 2.63. The summed E-state index contributed by atoms with van der Waals surface area (Å²) in [6, 6.07) is 22.0. The molecule has 2 nitrogen and oxygen atoms in total. The number of carbonyl (C=O) groups is 1. The monoisotopic (exact) mass is 347 g/mol. The summed E-state index contributed by atoms with van der Waals surface area (Å²) in [7, 11) is 0. The molecule has 0 aliphatic rings. The Kier molecular flexibility index (Phi) is 5.47. The van der Waals surface area contributed by atoms with Gasteiger partial charge in [0, 0.05) is 0 Å². The molecule has 1 atom stereocenters. The van der Waals surface area contributed by atoms with Crippen LogP contribution in [0.1, 0.15) is 33.9 Å². The lowest BCUT2D eigenvalue weighted by atomic mass is 9.93. The van der Waals surface area contributed by atoms with Gasteiger partial charge in [0.2, 0.25) is 5.91 Å². The van der Waals surface area contributed by atoms with Crippen LogP contribution in [0.4, 0.5) is 4.39 Å². The number of carbonyl (C=O) groups excluding carboxylic acids is 1. The Hall–Kier alpha value is -2.94. The highest BCUT2D eigenvalue weighted by molar-refractivity contribution is 5.79. The summed E-state index contributed by atoms with van der Waals surface area (Å²) in [4.78, 5) is 12.6. The molecule has 132 valence electrons. The van der Waals surface area contributed by atoms with Crippen molar-refractivity contribution in [2.75, 3.05) is 0 Å². The lowest BCUT2D eigenvalue weighted by Crippen LogP contribution is -2.31. The minimum Gasteiger partial charge on any atom is -0.345 e. The number of halogens is 1. The van der Waals surface area contributed by atoms with Gasteiger partial charge in [-0.1, -0.05) is 66.2 Å². The SMILES string of the molecule is Cc1ccc([C@H](NC(=O)Cc2ccc(F)cc2)c2ccccc2)c(C)c1. The van der Waals surface area contributed by atoms with E-state index in [0.717, 1.165) is 22.3 Å². The molecule has 0 heterocycles. The molecule has 3 aromatic rings. The van der Waals surface area contributed by atoms with Crippen LogP contribution in [0.5, 0.6) is 0 Å². The number of hydrogen-bond donors (Lipinski definition) is 1. The van der Waals surface area contributed by atoms with E-state index >= 15 is 0 Å². The first kappa shape index (κ1) is 17.9. The summed E-state index contributed by atoms with van der Waals surface area (Å²) in [5, 5.41) is 3.14. The Morgan fingerprint density at radius 2 is 1.65 bits per heavy atom. The first-order valence-corrected chi connectivity index (χ1v) is 8.69. The van der Waals surface area contributed by atoms with Crippen LogP contribution in [0.2, 0.25) is 0 Å². The zero-order chi connectivity index (χ0) is 18.5. The molecule has 3 rings (SSSR count). The van der Waals surface area contributed by atoms with E-state index in [1.54, 1.807) is 12.1 Å². The minimum atomic E-state index is -0.299. The van der Waals surface area contributed by atoms with Crippen molar-refractivity contribution in [1.29, 1.82) is 0 Å². The van der Waals surface area contributed by atoms with E-state index in [1.165, 1.54) is 17.7 Å². The lowest BCUT2D eigenvalue weighted by Gasteiger charge is -2.22. The smallest absolute Gasteiger partial charge is 0.225 e. The van der Waals surface area contributed by atoms with E-state index < -0.39 is 0 Å². The molecule has 0 spiro atoms. The fourth-order valence-corrected chi connectivity index (χ4v) is 3.14. The van der Waals surface area contributed by atoms with E-state index in [1.807, 2.05) is 30.3 Å². The van der Waals surface area contributed by atoms with Crippen molar-refractivity contribution in [2.45, 2.75) is 26.3 Å². The second-order valence-electron chi connectivity index (χ2n) is 6.57. The maximum Gasteiger partial charge on any atom is 0.225 e. The van der Waals surface area contributed by atoms with Crippen LogP contribution in [0.3, 0.4) is 0 Å². The standard InChI is InChI=1S/C23H22FNO/c1-16-8-13-21(17(2)14-16)23(19-6-4-3-5-7-19)25-22(26)15-18-9-11-20(24)12-10-18/h3-14,23H,15H2,1-2H3,(H,25,26)/t23-/m1/s1. The minimum absolute atomic E-state index is 0.0922. The summed E-state index contributed by atoms with van der Waals surface area (Å²) in [6.45, 7) is 4.12. The van der Waals surface area contributed by atoms with Gasteiger partial charge in [-0.2, -0.15) is 0 Å². The van der Waals surface area contributed by atoms with Crippen LogP contribution in [-0.4, -0.2) is 5.91 Å². The predicted octanol–water partition coefficient (Wildman–Crippen LogP) is 4.89. The van der Waals surface area contributed by atoms with Crippen molar-refractivity contribution in [3.05, 3.63) is 106 Å². The molecule has 0 saturated heterocycles. The third kappa shape index (κ3) is 4.37. The number of nitrogens with one attached hydrogen (secondary N) is 1. The summed E-state index contributed by atoms with van der Waals surface area (Å²) in [6.07, 6.45) is 0.217. The molecular weight excluding hydrogens is 325 g/mol. The molecule has 26 heavy (non-hydrogen) atoms. The van der Waals surface area contributed by atoms with Gasteiger partial charge < -0.3 is 5.32 Å². The summed E-state index contributed by atoms with van der Waals surface area (Å²) < 4.78 is 13.1. The molecule has 1 N–H and O–H groups in total. The second kappa shape index (κ2) is 7.96. The van der Waals surface area contributed by atoms with E-state index in [4.69, 9.17) is 0 Å². The molecule has 0 radical (unpaired) electrons. The van der Waals surface area contributed by atoms with Crippen LogP contribution < -0.4 is 5.32 Å². The van der Waals surface area contributed by atoms with Gasteiger partial charge in [-0.25, -0.2) is 4.39 Å². The zero-order valence-electron chi connectivity index (χ0n) is 15.0. The van der Waals surface area contributed by atoms with E-state index in [9.17, 15) is 9.18 Å². The Morgan fingerprint density at radius 1 is 0.962 bits per heavy atom. The maximum atomic E-state index is 13.1. The molecule has 0 aromatic heterocycles. The Morgan fingerprint density at radius 3 is 2.31 bits per heavy atom. The van der Waals surface area contributed by atoms with Crippen LogP contribution in [0, 0.1) is 19.7 Å². The number of rotatable bonds is 5. The van der Waals surface area contributed by atoms with E-state index in [0.29, 0.717) is 0 Å². The van der Waals surface area contributed by atoms with E-state index in [-0.39, 0.29) is 24.2 Å². The van der Waals surface area contributed by atoms with Crippen LogP contribution in [0.25, 0.3) is 0 Å². The van der Waals surface area contributed by atoms with Crippen LogP contribution >= 0.6 is 0 Å². The molecule has 3 heteroatoms. The summed E-state index contributed by atoms with van der Waals surface area (Å²) in [5.74, 6) is -0.392. The van der Waals surface area contributed by atoms with E-state index in [2.05, 4.69) is 37.4 Å². The van der Waals surface area contributed by atoms with Gasteiger partial charge in [0.1, 0.15) is 5.82 Å². The maximum absolute atomic E-state index is 13.1. The van der Waals surface area contributed by atoms with Crippen molar-refractivity contribution in [1.82, 2.24) is 5.32 Å². The van der Waals surface area contributed by atoms with Crippen molar-refractivity contribution in [2.24, 2.45) is 0 Å². The van der Waals surface area contributed by atoms with Gasteiger partial charge in [-0.05, 0) is 48.2 Å². The normalized spacial score (nSPS) is 11.8. The lowest BCUT2D eigenvalue weighted by molar-refractivity contribution is -0.120. The third-order valence-electron chi connectivity index (χ3n) is 4.45. The highest BCUT2D eigenvalue weighted by Gasteiger charge is 2.18. The number of aryl methyl sites for hydroxylation is 2. The van der Waals surface area contributed by atoms with Gasteiger partial charge in [-0.15, -0.1) is 0 Å². The van der Waals surface area contributed by atoms with Gasteiger partial charge in [0.25, 0.3) is 0 Å². The van der Waals surface area contributed by atoms with Gasteiger partial charge in [0.15, 0.2) is 0 Å². The highest BCUT2D eigenvalue weighted by atomic mass is 19.1. The molecule has 0 saturated carbocycles. The molecule has 0 unspecified atom stereocenters. The van der Waals surface area contributed by atoms with Gasteiger partial charge in [-0.3, -0.25) is 4.79 Å². The first-order chi connectivity index (χ1) is 12.5. The molecule has 0 bridgehead atoms.